The van der Waals surface area contributed by atoms with Crippen molar-refractivity contribution in [1.82, 2.24) is 4.90 Å². The smallest absolute Gasteiger partial charge is 0.220 e. The molecule has 1 aromatic carbocycles. The van der Waals surface area contributed by atoms with Crippen LogP contribution in [0.25, 0.3) is 0 Å². The van der Waals surface area contributed by atoms with Crippen molar-refractivity contribution < 1.29 is 9.59 Å². The maximum atomic E-state index is 11.9. The van der Waals surface area contributed by atoms with Crippen LogP contribution in [0.5, 0.6) is 0 Å². The number of benzene rings is 1. The van der Waals surface area contributed by atoms with Crippen LogP contribution in [0.3, 0.4) is 0 Å². The first-order valence-electron chi connectivity index (χ1n) is 10.7. The molecule has 0 aliphatic heterocycles. The molecule has 4 unspecified atom stereocenters. The number of nitrogens with one attached hydrogen (secondary N) is 1. The predicted octanol–water partition coefficient (Wildman–Crippen LogP) is 3.88. The van der Waals surface area contributed by atoms with Crippen molar-refractivity contribution in [3.8, 4) is 0 Å². The molecule has 3 N–H and O–H groups in total. The van der Waals surface area contributed by atoms with Gasteiger partial charge in [-0.25, -0.2) is 0 Å². The number of allylic oxidation sites excluding steroid dienone is 4. The van der Waals surface area contributed by atoms with E-state index in [1.165, 1.54) is 0 Å². The molecular formula is C24H38N3O2P. The minimum absolute atomic E-state index is 0.187. The highest BCUT2D eigenvalue weighted by Gasteiger charge is 2.21. The Balaban J connectivity index is 2.55. The van der Waals surface area contributed by atoms with Crippen molar-refractivity contribution in [3.05, 3.63) is 48.1 Å². The van der Waals surface area contributed by atoms with Gasteiger partial charge in [-0.05, 0) is 57.3 Å². The summed E-state index contributed by atoms with van der Waals surface area (Å²) in [5.41, 5.74) is 7.84. The van der Waals surface area contributed by atoms with Crippen LogP contribution >= 0.6 is 9.24 Å². The molecule has 1 rings (SSSR count). The van der Waals surface area contributed by atoms with E-state index in [1.807, 2.05) is 50.3 Å². The molecule has 30 heavy (non-hydrogen) atoms. The molecule has 166 valence electrons. The maximum Gasteiger partial charge on any atom is 0.220 e. The summed E-state index contributed by atoms with van der Waals surface area (Å²) in [6, 6.07) is 8.34. The minimum atomic E-state index is -0.280. The van der Waals surface area contributed by atoms with Gasteiger partial charge in [0.25, 0.3) is 0 Å². The first kappa shape index (κ1) is 25.9. The van der Waals surface area contributed by atoms with Crippen molar-refractivity contribution in [1.29, 1.82) is 0 Å². The van der Waals surface area contributed by atoms with Gasteiger partial charge in [-0.1, -0.05) is 48.9 Å². The Morgan fingerprint density at radius 3 is 2.53 bits per heavy atom. The number of hydrogen-bond donors (Lipinski definition) is 2. The average molecular weight is 432 g/mol. The number of rotatable bonds is 14. The van der Waals surface area contributed by atoms with Crippen molar-refractivity contribution in [2.24, 2.45) is 17.6 Å². The second-order valence-electron chi connectivity index (χ2n) is 8.03. The Bertz CT molecular complexity index is 733. The lowest BCUT2D eigenvalue weighted by molar-refractivity contribution is -0.122. The zero-order valence-corrected chi connectivity index (χ0v) is 20.0. The molecule has 1 aromatic rings. The Kier molecular flexibility index (Phi) is 12.1. The Hall–Kier alpha value is -2.13. The van der Waals surface area contributed by atoms with E-state index in [0.29, 0.717) is 25.9 Å². The second-order valence-corrected chi connectivity index (χ2v) is 8.65. The third-order valence-corrected chi connectivity index (χ3v) is 5.73. The van der Waals surface area contributed by atoms with Crippen LogP contribution in [0.15, 0.2) is 48.1 Å². The summed E-state index contributed by atoms with van der Waals surface area (Å²) >= 11 is 0. The fraction of sp³-hybridized carbons (Fsp3) is 0.500. The van der Waals surface area contributed by atoms with Crippen molar-refractivity contribution in [3.63, 3.8) is 0 Å². The van der Waals surface area contributed by atoms with Gasteiger partial charge >= 0.3 is 0 Å². The molecule has 2 amide bonds. The standard InChI is InChI=1S/C24H38N3O2P/c1-5-9-20(6-2)15-21(24(25)29)14-18(3)16-27(17-28)13-12-19(4)26-22-10-7-8-11-23(22)30/h5-11,17-19,21,26H,12-16,30H2,1-4H3,(H2,25,29)/b9-5-,20-6+. The van der Waals surface area contributed by atoms with Crippen LogP contribution in [-0.4, -0.2) is 36.3 Å². The normalized spacial score (nSPS) is 14.9. The lowest BCUT2D eigenvalue weighted by Gasteiger charge is -2.26. The van der Waals surface area contributed by atoms with E-state index in [2.05, 4.69) is 34.5 Å². The van der Waals surface area contributed by atoms with Gasteiger partial charge < -0.3 is 16.0 Å². The molecule has 0 fully saturated rings. The summed E-state index contributed by atoms with van der Waals surface area (Å²) in [6.45, 7) is 9.41. The van der Waals surface area contributed by atoms with Gasteiger partial charge in [-0.15, -0.1) is 9.24 Å². The van der Waals surface area contributed by atoms with Gasteiger partial charge in [0.1, 0.15) is 0 Å². The lowest BCUT2D eigenvalue weighted by Crippen LogP contribution is -2.33. The summed E-state index contributed by atoms with van der Waals surface area (Å²) in [6.07, 6.45) is 9.05. The Labute approximate surface area is 184 Å². The zero-order valence-electron chi connectivity index (χ0n) is 18.8. The van der Waals surface area contributed by atoms with Crippen LogP contribution in [0.4, 0.5) is 5.69 Å². The summed E-state index contributed by atoms with van der Waals surface area (Å²) < 4.78 is 0. The molecule has 0 spiro atoms. The number of primary amides is 1. The number of anilines is 1. The molecule has 5 nitrogen and oxygen atoms in total. The number of para-hydroxylation sites is 1. The molecule has 0 saturated carbocycles. The van der Waals surface area contributed by atoms with Crippen LogP contribution in [0.2, 0.25) is 0 Å². The monoisotopic (exact) mass is 431 g/mol. The van der Waals surface area contributed by atoms with E-state index in [0.717, 1.165) is 29.4 Å². The summed E-state index contributed by atoms with van der Waals surface area (Å²) in [7, 11) is 2.73. The molecule has 0 bridgehead atoms. The number of carbonyl (C=O) groups excluding carboxylic acids is 2. The van der Waals surface area contributed by atoms with E-state index in [9.17, 15) is 9.59 Å². The van der Waals surface area contributed by atoms with Crippen LogP contribution in [0.1, 0.15) is 47.0 Å². The second kappa shape index (κ2) is 14.0. The highest BCUT2D eigenvalue weighted by molar-refractivity contribution is 7.28. The topological polar surface area (TPSA) is 75.4 Å². The van der Waals surface area contributed by atoms with E-state index in [-0.39, 0.29) is 23.8 Å². The number of hydrogen-bond acceptors (Lipinski definition) is 3. The first-order valence-corrected chi connectivity index (χ1v) is 11.3. The highest BCUT2D eigenvalue weighted by Crippen LogP contribution is 2.21. The first-order chi connectivity index (χ1) is 14.3. The molecule has 0 heterocycles. The van der Waals surface area contributed by atoms with Gasteiger partial charge in [0.2, 0.25) is 12.3 Å². The molecule has 6 heteroatoms. The molecule has 0 radical (unpaired) electrons. The van der Waals surface area contributed by atoms with E-state index >= 15 is 0 Å². The van der Waals surface area contributed by atoms with Gasteiger partial charge in [0, 0.05) is 30.7 Å². The van der Waals surface area contributed by atoms with Crippen molar-refractivity contribution in [2.75, 3.05) is 18.4 Å². The van der Waals surface area contributed by atoms with Gasteiger partial charge in [0.15, 0.2) is 0 Å². The quantitative estimate of drug-likeness (QED) is 0.267. The minimum Gasteiger partial charge on any atom is -0.382 e. The summed E-state index contributed by atoms with van der Waals surface area (Å²) in [5.74, 6) is -0.320. The fourth-order valence-electron chi connectivity index (χ4n) is 3.55. The predicted molar refractivity (Wildman–Crippen MR) is 131 cm³/mol. The maximum absolute atomic E-state index is 11.9. The number of amides is 2. The van der Waals surface area contributed by atoms with E-state index in [4.69, 9.17) is 5.73 Å². The lowest BCUT2D eigenvalue weighted by atomic mass is 9.89. The SMILES string of the molecule is C/C=C\C(=C/C)CC(CC(C)CN(C=O)CCC(C)Nc1ccccc1P)C(N)=O. The molecule has 0 aromatic heterocycles. The fourth-order valence-corrected chi connectivity index (χ4v) is 3.84. The van der Waals surface area contributed by atoms with E-state index in [1.54, 1.807) is 4.90 Å². The summed E-state index contributed by atoms with van der Waals surface area (Å²) in [4.78, 5) is 25.3. The molecule has 4 atom stereocenters. The third-order valence-electron chi connectivity index (χ3n) is 5.23. The Morgan fingerprint density at radius 2 is 1.97 bits per heavy atom. The zero-order chi connectivity index (χ0) is 22.5. The van der Waals surface area contributed by atoms with Gasteiger partial charge in [-0.2, -0.15) is 0 Å². The van der Waals surface area contributed by atoms with Crippen molar-refractivity contribution >= 4 is 32.5 Å². The molecule has 0 aliphatic rings. The molecular weight excluding hydrogens is 393 g/mol. The number of nitrogens with two attached hydrogens (primary N) is 1. The van der Waals surface area contributed by atoms with Gasteiger partial charge in [-0.3, -0.25) is 9.59 Å². The van der Waals surface area contributed by atoms with Gasteiger partial charge in [0.05, 0.1) is 0 Å². The third kappa shape index (κ3) is 9.58. The van der Waals surface area contributed by atoms with Crippen LogP contribution in [-0.2, 0) is 9.59 Å². The largest absolute Gasteiger partial charge is 0.382 e. The number of carbonyl (C=O) groups is 2. The van der Waals surface area contributed by atoms with Crippen molar-refractivity contribution in [2.45, 2.75) is 53.0 Å². The van der Waals surface area contributed by atoms with Crippen LogP contribution < -0.4 is 16.4 Å². The summed E-state index contributed by atoms with van der Waals surface area (Å²) in [5, 5.41) is 4.62. The average Bonchev–Trinajstić information content (AvgIpc) is 2.71. The van der Waals surface area contributed by atoms with Crippen LogP contribution in [0, 0.1) is 11.8 Å². The highest BCUT2D eigenvalue weighted by atomic mass is 31.0. The molecule has 0 aliphatic carbocycles. The number of nitrogens with zero attached hydrogens (tertiary/aromatic N) is 1. The van der Waals surface area contributed by atoms with E-state index < -0.39 is 0 Å². The molecule has 0 saturated heterocycles. The Morgan fingerprint density at radius 1 is 1.27 bits per heavy atom.